The van der Waals surface area contributed by atoms with Gasteiger partial charge in [-0.1, -0.05) is 19.3 Å². The van der Waals surface area contributed by atoms with E-state index in [9.17, 15) is 18.4 Å². The lowest BCUT2D eigenvalue weighted by molar-refractivity contribution is -0.125. The van der Waals surface area contributed by atoms with E-state index in [1.807, 2.05) is 20.8 Å². The highest BCUT2D eigenvalue weighted by molar-refractivity contribution is 5.98. The fraction of sp³-hybridized carbons (Fsp3) is 0.750. The monoisotopic (exact) mass is 512 g/mol. The van der Waals surface area contributed by atoms with Gasteiger partial charge in [-0.25, -0.2) is 9.78 Å². The van der Waals surface area contributed by atoms with E-state index in [1.54, 1.807) is 4.90 Å². The minimum atomic E-state index is -2.84. The standard InChI is InChI=1S/C24H38F2N6O4/c1-24(2,3)36-23(34)32-12-7-10-17(15-32)30-20(33)18-14-28-22(27-11-13-35-21(25)26)31-19(18)29-16-8-5-4-6-9-16/h14,16-17,21H,4-13,15H2,1-3H3,(H,30,33)(H2,27,28,29,31)/t17-/m0/s1. The Morgan fingerprint density at radius 3 is 2.56 bits per heavy atom. The van der Waals surface area contributed by atoms with Crippen molar-refractivity contribution in [3.8, 4) is 0 Å². The molecule has 0 aromatic carbocycles. The predicted octanol–water partition coefficient (Wildman–Crippen LogP) is 4.00. The van der Waals surface area contributed by atoms with Crippen LogP contribution in [-0.4, -0.2) is 77.4 Å². The molecule has 36 heavy (non-hydrogen) atoms. The van der Waals surface area contributed by atoms with Gasteiger partial charge in [0, 0.05) is 37.9 Å². The highest BCUT2D eigenvalue weighted by Crippen LogP contribution is 2.24. The maximum Gasteiger partial charge on any atom is 0.410 e. The van der Waals surface area contributed by atoms with Crippen molar-refractivity contribution in [2.24, 2.45) is 0 Å². The molecule has 2 fully saturated rings. The lowest BCUT2D eigenvalue weighted by Crippen LogP contribution is -2.50. The highest BCUT2D eigenvalue weighted by Gasteiger charge is 2.29. The van der Waals surface area contributed by atoms with Crippen molar-refractivity contribution in [1.29, 1.82) is 0 Å². The number of piperidine rings is 1. The molecule has 2 amide bonds. The van der Waals surface area contributed by atoms with E-state index in [0.717, 1.165) is 38.5 Å². The molecule has 3 N–H and O–H groups in total. The number of carbonyl (C=O) groups excluding carboxylic acids is 2. The zero-order valence-corrected chi connectivity index (χ0v) is 21.3. The van der Waals surface area contributed by atoms with Crippen LogP contribution in [0.15, 0.2) is 6.20 Å². The third-order valence-electron chi connectivity index (χ3n) is 6.02. The van der Waals surface area contributed by atoms with Crippen LogP contribution in [0.2, 0.25) is 0 Å². The van der Waals surface area contributed by atoms with Crippen molar-refractivity contribution < 1.29 is 27.8 Å². The lowest BCUT2D eigenvalue weighted by Gasteiger charge is -2.34. The van der Waals surface area contributed by atoms with Gasteiger partial charge in [0.05, 0.1) is 6.61 Å². The first-order chi connectivity index (χ1) is 17.1. The average molecular weight is 513 g/mol. The Hall–Kier alpha value is -2.76. The molecule has 3 rings (SSSR count). The largest absolute Gasteiger partial charge is 0.444 e. The fourth-order valence-electron chi connectivity index (χ4n) is 4.34. The first-order valence-corrected chi connectivity index (χ1v) is 12.7. The molecule has 1 aromatic heterocycles. The third kappa shape index (κ3) is 9.03. The van der Waals surface area contributed by atoms with Gasteiger partial charge in [-0.2, -0.15) is 13.8 Å². The average Bonchev–Trinajstić information content (AvgIpc) is 2.81. The van der Waals surface area contributed by atoms with Gasteiger partial charge in [-0.05, 0) is 46.5 Å². The van der Waals surface area contributed by atoms with Crippen molar-refractivity contribution in [2.45, 2.75) is 90.0 Å². The van der Waals surface area contributed by atoms with E-state index in [1.165, 1.54) is 12.6 Å². The maximum absolute atomic E-state index is 13.2. The van der Waals surface area contributed by atoms with E-state index >= 15 is 0 Å². The molecule has 1 saturated carbocycles. The summed E-state index contributed by atoms with van der Waals surface area (Å²) in [6.45, 7) is 3.45. The molecule has 0 radical (unpaired) electrons. The molecule has 0 spiro atoms. The minimum Gasteiger partial charge on any atom is -0.444 e. The van der Waals surface area contributed by atoms with Gasteiger partial charge in [0.15, 0.2) is 0 Å². The Bertz CT molecular complexity index is 877. The number of amides is 2. The summed E-state index contributed by atoms with van der Waals surface area (Å²) < 4.78 is 34.1. The summed E-state index contributed by atoms with van der Waals surface area (Å²) in [4.78, 5) is 36.0. The molecule has 1 aromatic rings. The van der Waals surface area contributed by atoms with Crippen molar-refractivity contribution in [2.75, 3.05) is 36.9 Å². The van der Waals surface area contributed by atoms with Gasteiger partial charge < -0.3 is 30.3 Å². The molecule has 10 nitrogen and oxygen atoms in total. The zero-order chi connectivity index (χ0) is 26.1. The summed E-state index contributed by atoms with van der Waals surface area (Å²) >= 11 is 0. The number of rotatable bonds is 9. The number of nitrogens with one attached hydrogen (secondary N) is 3. The van der Waals surface area contributed by atoms with Gasteiger partial charge >= 0.3 is 12.7 Å². The van der Waals surface area contributed by atoms with Crippen LogP contribution in [0.25, 0.3) is 0 Å². The molecule has 0 unspecified atom stereocenters. The van der Waals surface area contributed by atoms with E-state index < -0.39 is 18.3 Å². The zero-order valence-electron chi connectivity index (χ0n) is 21.3. The van der Waals surface area contributed by atoms with E-state index in [2.05, 4.69) is 30.7 Å². The third-order valence-corrected chi connectivity index (χ3v) is 6.02. The number of hydrogen-bond acceptors (Lipinski definition) is 8. The second kappa shape index (κ2) is 13.0. The second-order valence-electron chi connectivity index (χ2n) is 10.2. The molecular weight excluding hydrogens is 474 g/mol. The number of alkyl halides is 2. The number of hydrogen-bond donors (Lipinski definition) is 3. The Balaban J connectivity index is 1.67. The molecule has 1 atom stereocenters. The molecular formula is C24H38F2N6O4. The summed E-state index contributed by atoms with van der Waals surface area (Å²) in [5.74, 6) is 0.278. The van der Waals surface area contributed by atoms with Crippen LogP contribution in [0.4, 0.5) is 25.3 Å². The Kier molecular flexibility index (Phi) is 10.0. The highest BCUT2D eigenvalue weighted by atomic mass is 19.3. The number of nitrogens with zero attached hydrogens (tertiary/aromatic N) is 3. The molecule has 1 aliphatic heterocycles. The van der Waals surface area contributed by atoms with Crippen LogP contribution in [0, 0.1) is 0 Å². The van der Waals surface area contributed by atoms with Crippen molar-refractivity contribution in [1.82, 2.24) is 20.2 Å². The maximum atomic E-state index is 13.2. The van der Waals surface area contributed by atoms with Crippen LogP contribution in [0.5, 0.6) is 0 Å². The molecule has 12 heteroatoms. The molecule has 202 valence electrons. The van der Waals surface area contributed by atoms with Gasteiger partial charge in [0.2, 0.25) is 5.95 Å². The summed E-state index contributed by atoms with van der Waals surface area (Å²) in [5, 5.41) is 9.25. The van der Waals surface area contributed by atoms with Gasteiger partial charge in [0.25, 0.3) is 5.91 Å². The Morgan fingerprint density at radius 1 is 1.14 bits per heavy atom. The van der Waals surface area contributed by atoms with Crippen LogP contribution in [0.3, 0.4) is 0 Å². The SMILES string of the molecule is CC(C)(C)OC(=O)N1CCC[C@H](NC(=O)c2cnc(NCCOC(F)F)nc2NC2CCCCC2)C1. The van der Waals surface area contributed by atoms with Crippen LogP contribution >= 0.6 is 0 Å². The van der Waals surface area contributed by atoms with Gasteiger partial charge in [-0.3, -0.25) is 4.79 Å². The summed E-state index contributed by atoms with van der Waals surface area (Å²) in [7, 11) is 0. The summed E-state index contributed by atoms with van der Waals surface area (Å²) in [5.41, 5.74) is -0.296. The molecule has 2 heterocycles. The predicted molar refractivity (Wildman–Crippen MR) is 131 cm³/mol. The number of halogens is 2. The summed E-state index contributed by atoms with van der Waals surface area (Å²) in [6.07, 6.45) is 7.85. The normalized spacial score (nSPS) is 19.2. The van der Waals surface area contributed by atoms with E-state index in [-0.39, 0.29) is 37.1 Å². The van der Waals surface area contributed by atoms with Crippen LogP contribution < -0.4 is 16.0 Å². The van der Waals surface area contributed by atoms with E-state index in [4.69, 9.17) is 4.74 Å². The minimum absolute atomic E-state index is 0.0985. The molecule has 1 aliphatic carbocycles. The van der Waals surface area contributed by atoms with Gasteiger partial charge in [-0.15, -0.1) is 0 Å². The number of likely N-dealkylation sites (tertiary alicyclic amines) is 1. The Labute approximate surface area is 210 Å². The smallest absolute Gasteiger partial charge is 0.410 e. The second-order valence-corrected chi connectivity index (χ2v) is 10.2. The Morgan fingerprint density at radius 2 is 1.86 bits per heavy atom. The van der Waals surface area contributed by atoms with Crippen LogP contribution in [0.1, 0.15) is 76.1 Å². The summed E-state index contributed by atoms with van der Waals surface area (Å²) in [6, 6.07) is -0.0434. The van der Waals surface area contributed by atoms with Gasteiger partial charge in [0.1, 0.15) is 17.0 Å². The number of ether oxygens (including phenoxy) is 2. The van der Waals surface area contributed by atoms with Crippen molar-refractivity contribution >= 4 is 23.8 Å². The fourth-order valence-corrected chi connectivity index (χ4v) is 4.34. The molecule has 2 aliphatic rings. The molecule has 0 bridgehead atoms. The first kappa shape index (κ1) is 27.8. The topological polar surface area (TPSA) is 118 Å². The quantitative estimate of drug-likeness (QED) is 0.425. The lowest BCUT2D eigenvalue weighted by atomic mass is 9.95. The first-order valence-electron chi connectivity index (χ1n) is 12.7. The van der Waals surface area contributed by atoms with Crippen molar-refractivity contribution in [3.63, 3.8) is 0 Å². The van der Waals surface area contributed by atoms with Crippen LogP contribution in [-0.2, 0) is 9.47 Å². The molecule has 1 saturated heterocycles. The van der Waals surface area contributed by atoms with E-state index in [0.29, 0.717) is 24.5 Å². The number of anilines is 2. The number of carbonyl (C=O) groups is 2. The number of aromatic nitrogens is 2. The van der Waals surface area contributed by atoms with Crippen molar-refractivity contribution in [3.05, 3.63) is 11.8 Å².